The summed E-state index contributed by atoms with van der Waals surface area (Å²) in [6.07, 6.45) is 0. The monoisotopic (exact) mass is 271 g/mol. The molecule has 0 aliphatic carbocycles. The first-order chi connectivity index (χ1) is 7.22. The second-order valence-electron chi connectivity index (χ2n) is 2.94. The summed E-state index contributed by atoms with van der Waals surface area (Å²) in [6.45, 7) is -0.247. The summed E-state index contributed by atoms with van der Waals surface area (Å²) in [5, 5.41) is 12.4. The van der Waals surface area contributed by atoms with Crippen LogP contribution in [0.25, 0.3) is 11.3 Å². The summed E-state index contributed by atoms with van der Waals surface area (Å²) < 4.78 is 18.8. The van der Waals surface area contributed by atoms with Crippen molar-refractivity contribution in [1.82, 2.24) is 5.16 Å². The average molecular weight is 272 g/mol. The highest BCUT2D eigenvalue weighted by Crippen LogP contribution is 2.27. The fraction of sp³-hybridized carbons (Fsp3) is 0.100. The lowest BCUT2D eigenvalue weighted by Crippen LogP contribution is -1.85. The van der Waals surface area contributed by atoms with Gasteiger partial charge in [0.25, 0.3) is 0 Å². The molecule has 0 radical (unpaired) electrons. The molecule has 78 valence electrons. The quantitative estimate of drug-likeness (QED) is 0.914. The molecule has 0 fully saturated rings. The first kappa shape index (κ1) is 10.3. The number of aliphatic hydroxyl groups excluding tert-OH is 1. The number of hydrogen-bond acceptors (Lipinski definition) is 3. The zero-order chi connectivity index (χ0) is 10.8. The number of halogens is 2. The zero-order valence-electron chi connectivity index (χ0n) is 7.58. The molecule has 1 heterocycles. The molecule has 0 saturated heterocycles. The normalized spacial score (nSPS) is 10.6. The van der Waals surface area contributed by atoms with Gasteiger partial charge in [0, 0.05) is 11.6 Å². The minimum atomic E-state index is -0.393. The zero-order valence-corrected chi connectivity index (χ0v) is 9.16. The third kappa shape index (κ3) is 1.93. The molecule has 0 amide bonds. The summed E-state index contributed by atoms with van der Waals surface area (Å²) in [6, 6.07) is 6.41. The van der Waals surface area contributed by atoms with Gasteiger partial charge in [0.1, 0.15) is 18.1 Å². The predicted octanol–water partition coefficient (Wildman–Crippen LogP) is 2.74. The van der Waals surface area contributed by atoms with Gasteiger partial charge in [-0.2, -0.15) is 0 Å². The van der Waals surface area contributed by atoms with Gasteiger partial charge in [-0.3, -0.25) is 0 Å². The SMILES string of the molecule is OCc1cc(-c2cccc(Br)c2F)no1. The Bertz CT molecular complexity index is 484. The second-order valence-corrected chi connectivity index (χ2v) is 3.79. The maximum absolute atomic E-state index is 13.6. The Morgan fingerprint density at radius 3 is 2.93 bits per heavy atom. The molecule has 0 saturated carbocycles. The van der Waals surface area contributed by atoms with E-state index in [1.807, 2.05) is 0 Å². The molecular weight excluding hydrogens is 265 g/mol. The predicted molar refractivity (Wildman–Crippen MR) is 55.5 cm³/mol. The Morgan fingerprint density at radius 1 is 1.47 bits per heavy atom. The number of aliphatic hydroxyl groups is 1. The van der Waals surface area contributed by atoms with Crippen molar-refractivity contribution in [2.75, 3.05) is 0 Å². The largest absolute Gasteiger partial charge is 0.388 e. The van der Waals surface area contributed by atoms with Crippen molar-refractivity contribution in [1.29, 1.82) is 0 Å². The average Bonchev–Trinajstić information content (AvgIpc) is 2.70. The second kappa shape index (κ2) is 4.12. The fourth-order valence-electron chi connectivity index (χ4n) is 1.22. The minimum absolute atomic E-state index is 0.247. The van der Waals surface area contributed by atoms with E-state index in [4.69, 9.17) is 9.63 Å². The smallest absolute Gasteiger partial charge is 0.162 e. The van der Waals surface area contributed by atoms with Gasteiger partial charge in [0.2, 0.25) is 0 Å². The highest BCUT2D eigenvalue weighted by atomic mass is 79.9. The topological polar surface area (TPSA) is 46.3 Å². The molecular formula is C10H7BrFNO2. The molecule has 0 aliphatic heterocycles. The lowest BCUT2D eigenvalue weighted by molar-refractivity contribution is 0.229. The van der Waals surface area contributed by atoms with Gasteiger partial charge in [0.05, 0.1) is 4.47 Å². The van der Waals surface area contributed by atoms with Crippen LogP contribution in [0.4, 0.5) is 4.39 Å². The van der Waals surface area contributed by atoms with E-state index in [0.717, 1.165) is 0 Å². The third-order valence-corrected chi connectivity index (χ3v) is 2.55. The molecule has 0 unspecified atom stereocenters. The minimum Gasteiger partial charge on any atom is -0.388 e. The maximum atomic E-state index is 13.6. The van der Waals surface area contributed by atoms with Gasteiger partial charge in [0.15, 0.2) is 5.76 Å². The lowest BCUT2D eigenvalue weighted by Gasteiger charge is -1.99. The summed E-state index contributed by atoms with van der Waals surface area (Å²) in [7, 11) is 0. The van der Waals surface area contributed by atoms with Gasteiger partial charge in [-0.15, -0.1) is 0 Å². The van der Waals surface area contributed by atoms with Crippen LogP contribution in [0.2, 0.25) is 0 Å². The number of nitrogens with zero attached hydrogens (tertiary/aromatic N) is 1. The Labute approximate surface area is 93.6 Å². The van der Waals surface area contributed by atoms with Crippen LogP contribution in [0.5, 0.6) is 0 Å². The highest BCUT2D eigenvalue weighted by molar-refractivity contribution is 9.10. The molecule has 1 aromatic heterocycles. The van der Waals surface area contributed by atoms with Gasteiger partial charge in [-0.1, -0.05) is 11.2 Å². The van der Waals surface area contributed by atoms with E-state index < -0.39 is 5.82 Å². The first-order valence-corrected chi connectivity index (χ1v) is 5.02. The number of benzene rings is 1. The highest BCUT2D eigenvalue weighted by Gasteiger charge is 2.12. The van der Waals surface area contributed by atoms with Crippen LogP contribution < -0.4 is 0 Å². The van der Waals surface area contributed by atoms with E-state index in [1.165, 1.54) is 6.07 Å². The molecule has 1 N–H and O–H groups in total. The Morgan fingerprint density at radius 2 is 2.27 bits per heavy atom. The molecule has 1 aromatic carbocycles. The molecule has 15 heavy (non-hydrogen) atoms. The van der Waals surface area contributed by atoms with E-state index >= 15 is 0 Å². The molecule has 2 rings (SSSR count). The van der Waals surface area contributed by atoms with Crippen molar-refractivity contribution in [2.24, 2.45) is 0 Å². The van der Waals surface area contributed by atoms with Crippen molar-refractivity contribution in [2.45, 2.75) is 6.61 Å². The van der Waals surface area contributed by atoms with E-state index in [9.17, 15) is 4.39 Å². The van der Waals surface area contributed by atoms with Crippen molar-refractivity contribution >= 4 is 15.9 Å². The van der Waals surface area contributed by atoms with Crippen LogP contribution in [0.1, 0.15) is 5.76 Å². The van der Waals surface area contributed by atoms with Gasteiger partial charge >= 0.3 is 0 Å². The standard InChI is InChI=1S/C10H7BrFNO2/c11-8-3-1-2-7(10(8)12)9-4-6(5-14)15-13-9/h1-4,14H,5H2. The van der Waals surface area contributed by atoms with Crippen LogP contribution in [0.3, 0.4) is 0 Å². The van der Waals surface area contributed by atoms with Gasteiger partial charge in [-0.05, 0) is 28.1 Å². The van der Waals surface area contributed by atoms with Crippen molar-refractivity contribution < 1.29 is 14.0 Å². The van der Waals surface area contributed by atoms with E-state index in [1.54, 1.807) is 18.2 Å². The van der Waals surface area contributed by atoms with Crippen molar-refractivity contribution in [3.63, 3.8) is 0 Å². The summed E-state index contributed by atoms with van der Waals surface area (Å²) in [5.74, 6) is -0.0836. The van der Waals surface area contributed by atoms with Crippen molar-refractivity contribution in [3.05, 3.63) is 40.3 Å². The Hall–Kier alpha value is -1.20. The number of aromatic nitrogens is 1. The van der Waals surface area contributed by atoms with E-state index in [-0.39, 0.29) is 6.61 Å². The fourth-order valence-corrected chi connectivity index (χ4v) is 1.58. The van der Waals surface area contributed by atoms with Crippen LogP contribution >= 0.6 is 15.9 Å². The summed E-state index contributed by atoms with van der Waals surface area (Å²) in [5.41, 5.74) is 0.714. The first-order valence-electron chi connectivity index (χ1n) is 4.23. The summed E-state index contributed by atoms with van der Waals surface area (Å²) >= 11 is 3.08. The maximum Gasteiger partial charge on any atom is 0.162 e. The van der Waals surface area contributed by atoms with Gasteiger partial charge < -0.3 is 9.63 Å². The van der Waals surface area contributed by atoms with Crippen LogP contribution in [-0.2, 0) is 6.61 Å². The molecule has 2 aromatic rings. The molecule has 0 bridgehead atoms. The van der Waals surface area contributed by atoms with E-state index in [0.29, 0.717) is 21.5 Å². The van der Waals surface area contributed by atoms with Crippen LogP contribution in [0, 0.1) is 5.82 Å². The third-order valence-electron chi connectivity index (χ3n) is 1.94. The molecule has 3 nitrogen and oxygen atoms in total. The Kier molecular flexibility index (Phi) is 2.83. The van der Waals surface area contributed by atoms with E-state index in [2.05, 4.69) is 21.1 Å². The van der Waals surface area contributed by atoms with Crippen LogP contribution in [0.15, 0.2) is 33.3 Å². The number of hydrogen-bond donors (Lipinski definition) is 1. The van der Waals surface area contributed by atoms with Crippen molar-refractivity contribution in [3.8, 4) is 11.3 Å². The Balaban J connectivity index is 2.49. The van der Waals surface area contributed by atoms with Gasteiger partial charge in [-0.25, -0.2) is 4.39 Å². The lowest BCUT2D eigenvalue weighted by atomic mass is 10.1. The molecule has 5 heteroatoms. The summed E-state index contributed by atoms with van der Waals surface area (Å²) in [4.78, 5) is 0. The number of rotatable bonds is 2. The van der Waals surface area contributed by atoms with Crippen LogP contribution in [-0.4, -0.2) is 10.3 Å². The molecule has 0 spiro atoms. The molecule has 0 atom stereocenters. The molecule has 0 aliphatic rings.